The molecule has 1 unspecified atom stereocenters. The highest BCUT2D eigenvalue weighted by atomic mass is 16.5. The molecule has 154 valence electrons. The fourth-order valence-corrected chi connectivity index (χ4v) is 3.59. The van der Waals surface area contributed by atoms with Crippen molar-refractivity contribution in [1.82, 2.24) is 5.32 Å². The third-order valence-electron chi connectivity index (χ3n) is 5.04. The van der Waals surface area contributed by atoms with Crippen LogP contribution in [0.3, 0.4) is 0 Å². The van der Waals surface area contributed by atoms with Gasteiger partial charge in [-0.25, -0.2) is 0 Å². The second-order valence-corrected chi connectivity index (χ2v) is 6.91. The van der Waals surface area contributed by atoms with E-state index < -0.39 is 0 Å². The van der Waals surface area contributed by atoms with Gasteiger partial charge in [0.1, 0.15) is 17.2 Å². The van der Waals surface area contributed by atoms with Crippen molar-refractivity contribution in [3.05, 3.63) is 54.1 Å². The first-order valence-electron chi connectivity index (χ1n) is 9.73. The maximum atomic E-state index is 12.5. The molecule has 3 rings (SSSR count). The third-order valence-corrected chi connectivity index (χ3v) is 5.04. The molecule has 6 heteroatoms. The molecule has 1 atom stereocenters. The molecule has 2 aromatic carbocycles. The van der Waals surface area contributed by atoms with Crippen LogP contribution >= 0.6 is 0 Å². The number of piperidine rings is 1. The number of hydrogen-bond donors (Lipinski definition) is 1. The van der Waals surface area contributed by atoms with E-state index in [1.165, 1.54) is 0 Å². The van der Waals surface area contributed by atoms with Gasteiger partial charge in [0.2, 0.25) is 5.91 Å². The Hall–Kier alpha value is -3.15. The zero-order chi connectivity index (χ0) is 20.6. The van der Waals surface area contributed by atoms with Crippen LogP contribution < -0.4 is 24.4 Å². The number of benzene rings is 2. The quantitative estimate of drug-likeness (QED) is 0.726. The van der Waals surface area contributed by atoms with E-state index in [-0.39, 0.29) is 11.9 Å². The predicted molar refractivity (Wildman–Crippen MR) is 115 cm³/mol. The highest BCUT2D eigenvalue weighted by Gasteiger charge is 2.22. The van der Waals surface area contributed by atoms with E-state index in [1.54, 1.807) is 33.5 Å². The highest BCUT2D eigenvalue weighted by Crippen LogP contribution is 2.30. The lowest BCUT2D eigenvalue weighted by atomic mass is 10.0. The van der Waals surface area contributed by atoms with Gasteiger partial charge in [-0.1, -0.05) is 12.1 Å². The van der Waals surface area contributed by atoms with Crippen molar-refractivity contribution in [3.8, 4) is 17.2 Å². The summed E-state index contributed by atoms with van der Waals surface area (Å²) < 4.78 is 16.1. The molecule has 6 nitrogen and oxygen atoms in total. The first-order valence-corrected chi connectivity index (χ1v) is 9.73. The average Bonchev–Trinajstić information content (AvgIpc) is 2.77. The number of anilines is 1. The molecule has 29 heavy (non-hydrogen) atoms. The molecule has 0 spiro atoms. The van der Waals surface area contributed by atoms with Gasteiger partial charge in [-0.2, -0.15) is 0 Å². The van der Waals surface area contributed by atoms with Crippen LogP contribution in [0, 0.1) is 0 Å². The molecule has 1 saturated heterocycles. The Morgan fingerprint density at radius 3 is 2.62 bits per heavy atom. The van der Waals surface area contributed by atoms with Crippen LogP contribution in [0.2, 0.25) is 0 Å². The molecular weight excluding hydrogens is 368 g/mol. The zero-order valence-corrected chi connectivity index (χ0v) is 17.2. The number of rotatable bonds is 7. The maximum Gasteiger partial charge on any atom is 0.244 e. The molecule has 0 aromatic heterocycles. The van der Waals surface area contributed by atoms with E-state index in [2.05, 4.69) is 16.3 Å². The minimum Gasteiger partial charge on any atom is -0.497 e. The van der Waals surface area contributed by atoms with Crippen LogP contribution in [0.4, 0.5) is 5.69 Å². The number of carbonyl (C=O) groups is 1. The lowest BCUT2D eigenvalue weighted by molar-refractivity contribution is -0.117. The standard InChI is InChI=1S/C23H28N2O4/c1-27-19-11-12-21(28-2)17(15-19)10-13-23(26)24-18-7-6-14-25(16-18)20-8-4-5-9-22(20)29-3/h4-5,8-13,15,18H,6-7,14,16H2,1-3H3,(H,24,26)/b13-10+. The molecule has 2 aromatic rings. The van der Waals surface area contributed by atoms with E-state index in [0.717, 1.165) is 42.9 Å². The van der Waals surface area contributed by atoms with E-state index in [0.29, 0.717) is 11.5 Å². The van der Waals surface area contributed by atoms with E-state index >= 15 is 0 Å². The number of carbonyl (C=O) groups excluding carboxylic acids is 1. The smallest absolute Gasteiger partial charge is 0.244 e. The highest BCUT2D eigenvalue weighted by molar-refractivity contribution is 5.92. The van der Waals surface area contributed by atoms with E-state index in [9.17, 15) is 4.79 Å². The summed E-state index contributed by atoms with van der Waals surface area (Å²) in [6.45, 7) is 1.70. The predicted octanol–water partition coefficient (Wildman–Crippen LogP) is 3.51. The van der Waals surface area contributed by atoms with Crippen LogP contribution in [0.1, 0.15) is 18.4 Å². The van der Waals surface area contributed by atoms with Gasteiger partial charge in [-0.3, -0.25) is 4.79 Å². The fourth-order valence-electron chi connectivity index (χ4n) is 3.59. The number of hydrogen-bond acceptors (Lipinski definition) is 5. The molecule has 0 bridgehead atoms. The molecule has 1 heterocycles. The number of ether oxygens (including phenoxy) is 3. The molecule has 1 amide bonds. The molecule has 1 aliphatic rings. The summed E-state index contributed by atoms with van der Waals surface area (Å²) in [6, 6.07) is 13.5. The lowest BCUT2D eigenvalue weighted by Gasteiger charge is -2.35. The van der Waals surface area contributed by atoms with Crippen LogP contribution in [0.25, 0.3) is 6.08 Å². The first kappa shape index (κ1) is 20.6. The van der Waals surface area contributed by atoms with Crippen molar-refractivity contribution in [2.75, 3.05) is 39.3 Å². The minimum atomic E-state index is -0.123. The molecule has 1 aliphatic heterocycles. The largest absolute Gasteiger partial charge is 0.497 e. The van der Waals surface area contributed by atoms with Crippen molar-refractivity contribution in [2.45, 2.75) is 18.9 Å². The van der Waals surface area contributed by atoms with Gasteiger partial charge >= 0.3 is 0 Å². The number of amides is 1. The second-order valence-electron chi connectivity index (χ2n) is 6.91. The van der Waals surface area contributed by atoms with Gasteiger partial charge in [-0.15, -0.1) is 0 Å². The molecule has 0 radical (unpaired) electrons. The number of methoxy groups -OCH3 is 3. The summed E-state index contributed by atoms with van der Waals surface area (Å²) in [5, 5.41) is 3.11. The summed E-state index contributed by atoms with van der Waals surface area (Å²) in [7, 11) is 4.89. The van der Waals surface area contributed by atoms with E-state index in [1.807, 2.05) is 36.4 Å². The average molecular weight is 396 g/mol. The molecule has 1 N–H and O–H groups in total. The van der Waals surface area contributed by atoms with Crippen molar-refractivity contribution >= 4 is 17.7 Å². The van der Waals surface area contributed by atoms with Crippen molar-refractivity contribution in [2.24, 2.45) is 0 Å². The normalized spacial score (nSPS) is 16.5. The summed E-state index contributed by atoms with van der Waals surface area (Å²) >= 11 is 0. The number of para-hydroxylation sites is 2. The second kappa shape index (κ2) is 9.87. The Morgan fingerprint density at radius 1 is 1.07 bits per heavy atom. The summed E-state index contributed by atoms with van der Waals surface area (Å²) in [5.41, 5.74) is 1.85. The Labute approximate surface area is 172 Å². The Kier molecular flexibility index (Phi) is 7.00. The van der Waals surface area contributed by atoms with Crippen molar-refractivity contribution in [3.63, 3.8) is 0 Å². The van der Waals surface area contributed by atoms with Gasteiger partial charge in [-0.05, 0) is 49.2 Å². The van der Waals surface area contributed by atoms with Gasteiger partial charge in [0.05, 0.1) is 27.0 Å². The topological polar surface area (TPSA) is 60.0 Å². The van der Waals surface area contributed by atoms with Crippen LogP contribution in [0.5, 0.6) is 17.2 Å². The monoisotopic (exact) mass is 396 g/mol. The molecular formula is C23H28N2O4. The lowest BCUT2D eigenvalue weighted by Crippen LogP contribution is -2.47. The molecule has 0 saturated carbocycles. The number of nitrogens with one attached hydrogen (secondary N) is 1. The maximum absolute atomic E-state index is 12.5. The Bertz CT molecular complexity index is 866. The minimum absolute atomic E-state index is 0.0815. The van der Waals surface area contributed by atoms with Crippen molar-refractivity contribution in [1.29, 1.82) is 0 Å². The van der Waals surface area contributed by atoms with E-state index in [4.69, 9.17) is 14.2 Å². The van der Waals surface area contributed by atoms with Gasteiger partial charge in [0.15, 0.2) is 0 Å². The Balaban J connectivity index is 1.64. The number of nitrogens with zero attached hydrogens (tertiary/aromatic N) is 1. The summed E-state index contributed by atoms with van der Waals surface area (Å²) in [4.78, 5) is 14.8. The molecule has 1 fully saturated rings. The fraction of sp³-hybridized carbons (Fsp3) is 0.348. The Morgan fingerprint density at radius 2 is 1.86 bits per heavy atom. The first-order chi connectivity index (χ1) is 14.1. The van der Waals surface area contributed by atoms with Crippen LogP contribution in [-0.4, -0.2) is 46.4 Å². The van der Waals surface area contributed by atoms with Gasteiger partial charge in [0.25, 0.3) is 0 Å². The van der Waals surface area contributed by atoms with Crippen LogP contribution in [0.15, 0.2) is 48.5 Å². The SMILES string of the molecule is COc1ccc(OC)c(/C=C/C(=O)NC2CCCN(c3ccccc3OC)C2)c1. The van der Waals surface area contributed by atoms with Gasteiger partial charge in [0, 0.05) is 30.8 Å². The third kappa shape index (κ3) is 5.22. The van der Waals surface area contributed by atoms with Crippen molar-refractivity contribution < 1.29 is 19.0 Å². The summed E-state index contributed by atoms with van der Waals surface area (Å²) in [5.74, 6) is 2.13. The van der Waals surface area contributed by atoms with Crippen LogP contribution in [-0.2, 0) is 4.79 Å². The van der Waals surface area contributed by atoms with Gasteiger partial charge < -0.3 is 24.4 Å². The summed E-state index contributed by atoms with van der Waals surface area (Å²) in [6.07, 6.45) is 5.25. The molecule has 0 aliphatic carbocycles. The zero-order valence-electron chi connectivity index (χ0n) is 17.2.